The molecule has 0 aliphatic carbocycles. The lowest BCUT2D eigenvalue weighted by Crippen LogP contribution is -2.61. The van der Waals surface area contributed by atoms with Crippen molar-refractivity contribution in [1.82, 2.24) is 15.5 Å². The van der Waals surface area contributed by atoms with E-state index in [2.05, 4.69) is 60.0 Å². The van der Waals surface area contributed by atoms with Crippen LogP contribution in [0.25, 0.3) is 0 Å². The molecular weight excluding hydrogens is 234 g/mol. The summed E-state index contributed by atoms with van der Waals surface area (Å²) in [5.41, 5.74) is 1.68. The van der Waals surface area contributed by atoms with Gasteiger partial charge in [0.25, 0.3) is 0 Å². The first kappa shape index (κ1) is 14.5. The highest BCUT2D eigenvalue weighted by atomic mass is 15.2. The lowest BCUT2D eigenvalue weighted by atomic mass is 9.85. The van der Waals surface area contributed by atoms with Gasteiger partial charge in [-0.2, -0.15) is 0 Å². The highest BCUT2D eigenvalue weighted by Crippen LogP contribution is 2.29. The summed E-state index contributed by atoms with van der Waals surface area (Å²) in [4.78, 5) is 2.67. The van der Waals surface area contributed by atoms with Gasteiger partial charge in [0.05, 0.1) is 0 Å². The summed E-state index contributed by atoms with van der Waals surface area (Å²) >= 11 is 0. The van der Waals surface area contributed by atoms with Crippen LogP contribution in [0.1, 0.15) is 24.8 Å². The van der Waals surface area contributed by atoms with E-state index >= 15 is 0 Å². The zero-order valence-electron chi connectivity index (χ0n) is 12.3. The molecule has 0 spiro atoms. The number of likely N-dealkylation sites (tertiary alicyclic amines) is 1. The lowest BCUT2D eigenvalue weighted by Gasteiger charge is -2.47. The van der Waals surface area contributed by atoms with Crippen LogP contribution < -0.4 is 10.6 Å². The van der Waals surface area contributed by atoms with E-state index in [9.17, 15) is 0 Å². The Morgan fingerprint density at radius 3 is 2.37 bits per heavy atom. The molecule has 106 valence electrons. The smallest absolute Gasteiger partial charge is 0.0461 e. The summed E-state index contributed by atoms with van der Waals surface area (Å²) in [7, 11) is 4.12. The first-order chi connectivity index (χ1) is 9.30. The Morgan fingerprint density at radius 2 is 1.74 bits per heavy atom. The van der Waals surface area contributed by atoms with Gasteiger partial charge in [0.2, 0.25) is 0 Å². The minimum atomic E-state index is 0.261. The van der Waals surface area contributed by atoms with Crippen molar-refractivity contribution in [3.05, 3.63) is 35.9 Å². The molecule has 1 fully saturated rings. The molecule has 0 aromatic heterocycles. The first-order valence-electron chi connectivity index (χ1n) is 7.39. The van der Waals surface area contributed by atoms with E-state index in [1.54, 1.807) is 0 Å². The molecule has 1 aromatic rings. The van der Waals surface area contributed by atoms with Crippen molar-refractivity contribution in [1.29, 1.82) is 0 Å². The molecule has 0 amide bonds. The third-order valence-corrected chi connectivity index (χ3v) is 4.22. The van der Waals surface area contributed by atoms with E-state index in [0.717, 1.165) is 19.6 Å². The predicted octanol–water partition coefficient (Wildman–Crippen LogP) is 1.85. The predicted molar refractivity (Wildman–Crippen MR) is 81.3 cm³/mol. The Balaban J connectivity index is 2.13. The van der Waals surface area contributed by atoms with E-state index in [4.69, 9.17) is 0 Å². The number of piperidine rings is 1. The van der Waals surface area contributed by atoms with Crippen molar-refractivity contribution in [3.63, 3.8) is 0 Å². The van der Waals surface area contributed by atoms with Crippen molar-refractivity contribution in [2.75, 3.05) is 33.7 Å². The average Bonchev–Trinajstić information content (AvgIpc) is 2.43. The van der Waals surface area contributed by atoms with Crippen LogP contribution in [0.2, 0.25) is 0 Å². The van der Waals surface area contributed by atoms with Gasteiger partial charge in [0.15, 0.2) is 0 Å². The standard InChI is InChI=1S/C16H27N3/c1-17-13-16(14-18-2)10-6-7-11-19(16)12-15-8-4-3-5-9-15/h3-5,8-9,17-18H,6-7,10-14H2,1-2H3. The molecule has 0 bridgehead atoms. The topological polar surface area (TPSA) is 27.3 Å². The van der Waals surface area contributed by atoms with Gasteiger partial charge in [0.1, 0.15) is 0 Å². The molecule has 1 heterocycles. The van der Waals surface area contributed by atoms with Gasteiger partial charge in [-0.05, 0) is 39.0 Å². The Hall–Kier alpha value is -0.900. The van der Waals surface area contributed by atoms with Crippen molar-refractivity contribution in [3.8, 4) is 0 Å². The summed E-state index contributed by atoms with van der Waals surface area (Å²) in [6.07, 6.45) is 3.94. The second-order valence-corrected chi connectivity index (χ2v) is 5.65. The fraction of sp³-hybridized carbons (Fsp3) is 0.625. The molecule has 1 aliphatic heterocycles. The monoisotopic (exact) mass is 261 g/mol. The molecule has 1 aliphatic rings. The normalized spacial score (nSPS) is 19.5. The third-order valence-electron chi connectivity index (χ3n) is 4.22. The summed E-state index contributed by atoms with van der Waals surface area (Å²) in [6, 6.07) is 10.8. The fourth-order valence-corrected chi connectivity index (χ4v) is 3.32. The van der Waals surface area contributed by atoms with Gasteiger partial charge in [0, 0.05) is 25.2 Å². The summed E-state index contributed by atoms with van der Waals surface area (Å²) in [6.45, 7) is 4.38. The van der Waals surface area contributed by atoms with E-state index in [1.165, 1.54) is 31.4 Å². The number of hydrogen-bond acceptors (Lipinski definition) is 3. The Labute approximate surface area is 117 Å². The molecule has 0 saturated carbocycles. The highest BCUT2D eigenvalue weighted by Gasteiger charge is 2.37. The van der Waals surface area contributed by atoms with Gasteiger partial charge < -0.3 is 10.6 Å². The van der Waals surface area contributed by atoms with Crippen LogP contribution in [0.4, 0.5) is 0 Å². The molecule has 2 rings (SSSR count). The van der Waals surface area contributed by atoms with Crippen LogP contribution in [-0.4, -0.2) is 44.2 Å². The Kier molecular flexibility index (Phi) is 5.37. The van der Waals surface area contributed by atoms with Crippen molar-refractivity contribution < 1.29 is 0 Å². The summed E-state index contributed by atoms with van der Waals surface area (Å²) in [5, 5.41) is 6.79. The average molecular weight is 261 g/mol. The summed E-state index contributed by atoms with van der Waals surface area (Å²) < 4.78 is 0. The van der Waals surface area contributed by atoms with E-state index in [0.29, 0.717) is 0 Å². The number of hydrogen-bond donors (Lipinski definition) is 2. The van der Waals surface area contributed by atoms with Gasteiger partial charge in [-0.3, -0.25) is 4.90 Å². The minimum Gasteiger partial charge on any atom is -0.318 e. The van der Waals surface area contributed by atoms with Gasteiger partial charge in [-0.25, -0.2) is 0 Å². The van der Waals surface area contributed by atoms with E-state index < -0.39 is 0 Å². The van der Waals surface area contributed by atoms with Gasteiger partial charge in [-0.1, -0.05) is 36.8 Å². The molecule has 2 N–H and O–H groups in total. The summed E-state index contributed by atoms with van der Waals surface area (Å²) in [5.74, 6) is 0. The zero-order chi connectivity index (χ0) is 13.6. The van der Waals surface area contributed by atoms with Crippen LogP contribution in [0.5, 0.6) is 0 Å². The maximum atomic E-state index is 3.40. The van der Waals surface area contributed by atoms with E-state index in [1.807, 2.05) is 0 Å². The second kappa shape index (κ2) is 7.04. The van der Waals surface area contributed by atoms with Crippen LogP contribution in [-0.2, 0) is 6.54 Å². The van der Waals surface area contributed by atoms with Crippen LogP contribution in [0.15, 0.2) is 30.3 Å². The third kappa shape index (κ3) is 3.56. The Bertz CT molecular complexity index is 352. The number of nitrogens with zero attached hydrogens (tertiary/aromatic N) is 1. The van der Waals surface area contributed by atoms with Gasteiger partial charge in [-0.15, -0.1) is 0 Å². The maximum absolute atomic E-state index is 3.40. The number of rotatable bonds is 6. The molecule has 0 radical (unpaired) electrons. The van der Waals surface area contributed by atoms with Crippen LogP contribution >= 0.6 is 0 Å². The fourth-order valence-electron chi connectivity index (χ4n) is 3.32. The number of nitrogens with one attached hydrogen (secondary N) is 2. The number of benzene rings is 1. The van der Waals surface area contributed by atoms with Crippen molar-refractivity contribution in [2.45, 2.75) is 31.3 Å². The van der Waals surface area contributed by atoms with Gasteiger partial charge >= 0.3 is 0 Å². The minimum absolute atomic E-state index is 0.261. The molecular formula is C16H27N3. The zero-order valence-corrected chi connectivity index (χ0v) is 12.3. The van der Waals surface area contributed by atoms with Crippen molar-refractivity contribution in [2.24, 2.45) is 0 Å². The highest BCUT2D eigenvalue weighted by molar-refractivity contribution is 5.15. The SMILES string of the molecule is CNCC1(CNC)CCCCN1Cc1ccccc1. The molecule has 1 saturated heterocycles. The lowest BCUT2D eigenvalue weighted by molar-refractivity contribution is 0.0411. The quantitative estimate of drug-likeness (QED) is 0.818. The molecule has 0 atom stereocenters. The molecule has 19 heavy (non-hydrogen) atoms. The first-order valence-corrected chi connectivity index (χ1v) is 7.39. The number of likely N-dealkylation sites (N-methyl/N-ethyl adjacent to an activating group) is 2. The Morgan fingerprint density at radius 1 is 1.05 bits per heavy atom. The van der Waals surface area contributed by atoms with E-state index in [-0.39, 0.29) is 5.54 Å². The van der Waals surface area contributed by atoms with Crippen LogP contribution in [0.3, 0.4) is 0 Å². The maximum Gasteiger partial charge on any atom is 0.0461 e. The second-order valence-electron chi connectivity index (χ2n) is 5.65. The molecule has 1 aromatic carbocycles. The van der Waals surface area contributed by atoms with Crippen molar-refractivity contribution >= 4 is 0 Å². The van der Waals surface area contributed by atoms with Crippen LogP contribution in [0, 0.1) is 0 Å². The molecule has 0 unspecified atom stereocenters. The molecule has 3 heteroatoms. The molecule has 3 nitrogen and oxygen atoms in total. The largest absolute Gasteiger partial charge is 0.318 e.